The summed E-state index contributed by atoms with van der Waals surface area (Å²) in [5.74, 6) is 0.0915. The molecule has 6 heteroatoms. The van der Waals surface area contributed by atoms with Gasteiger partial charge in [0.15, 0.2) is 0 Å². The number of halogens is 1. The summed E-state index contributed by atoms with van der Waals surface area (Å²) >= 11 is 6.06. The zero-order valence-corrected chi connectivity index (χ0v) is 15.5. The van der Waals surface area contributed by atoms with Gasteiger partial charge in [0.05, 0.1) is 0 Å². The zero-order valence-electron chi connectivity index (χ0n) is 14.8. The first-order valence-corrected chi connectivity index (χ1v) is 9.45. The number of amides is 2. The molecule has 1 unspecified atom stereocenters. The number of carbonyl (C=O) groups is 2. The second kappa shape index (κ2) is 8.09. The first-order valence-electron chi connectivity index (χ1n) is 9.08. The average molecular weight is 364 g/mol. The number of hydrogen-bond donors (Lipinski definition) is 0. The fraction of sp³-hybridized carbons (Fsp3) is 0.579. The van der Waals surface area contributed by atoms with Crippen molar-refractivity contribution in [2.24, 2.45) is 5.92 Å². The molecule has 25 heavy (non-hydrogen) atoms. The molecule has 0 aromatic heterocycles. The van der Waals surface area contributed by atoms with Crippen LogP contribution in [0.1, 0.15) is 25.7 Å². The van der Waals surface area contributed by atoms with Crippen LogP contribution in [0.5, 0.6) is 0 Å². The molecule has 0 saturated carbocycles. The molecule has 1 aromatic rings. The summed E-state index contributed by atoms with van der Waals surface area (Å²) in [5, 5.41) is 0.729. The number of anilines is 1. The molecule has 2 amide bonds. The lowest BCUT2D eigenvalue weighted by Crippen LogP contribution is -2.49. The molecule has 0 N–H and O–H groups in total. The van der Waals surface area contributed by atoms with E-state index in [9.17, 15) is 9.59 Å². The van der Waals surface area contributed by atoms with Crippen LogP contribution in [0.15, 0.2) is 24.3 Å². The third kappa shape index (κ3) is 4.46. The third-order valence-corrected chi connectivity index (χ3v) is 5.48. The first-order chi connectivity index (χ1) is 12.0. The first kappa shape index (κ1) is 18.1. The average Bonchev–Trinajstić information content (AvgIpc) is 2.77. The van der Waals surface area contributed by atoms with Gasteiger partial charge in [-0.1, -0.05) is 24.1 Å². The number of likely N-dealkylation sites (tertiary alicyclic amines) is 1. The summed E-state index contributed by atoms with van der Waals surface area (Å²) in [4.78, 5) is 30.9. The van der Waals surface area contributed by atoms with Crippen LogP contribution in [0, 0.1) is 5.92 Å². The van der Waals surface area contributed by atoms with Gasteiger partial charge in [-0.2, -0.15) is 0 Å². The smallest absolute Gasteiger partial charge is 0.225 e. The molecule has 2 saturated heterocycles. The van der Waals surface area contributed by atoms with Crippen LogP contribution in [-0.4, -0.2) is 61.4 Å². The van der Waals surface area contributed by atoms with Crippen molar-refractivity contribution < 1.29 is 9.59 Å². The number of carbonyl (C=O) groups excluding carboxylic acids is 2. The van der Waals surface area contributed by atoms with Gasteiger partial charge in [-0.25, -0.2) is 0 Å². The molecule has 0 spiro atoms. The Balaban J connectivity index is 1.53. The molecule has 2 aliphatic rings. The van der Waals surface area contributed by atoms with E-state index >= 15 is 0 Å². The van der Waals surface area contributed by atoms with E-state index in [1.807, 2.05) is 36.2 Å². The Kier molecular flexibility index (Phi) is 5.84. The third-order valence-electron chi connectivity index (χ3n) is 5.25. The monoisotopic (exact) mass is 363 g/mol. The highest BCUT2D eigenvalue weighted by Crippen LogP contribution is 2.23. The fourth-order valence-electron chi connectivity index (χ4n) is 3.70. The van der Waals surface area contributed by atoms with E-state index in [-0.39, 0.29) is 17.7 Å². The highest BCUT2D eigenvalue weighted by Gasteiger charge is 2.29. The molecular weight excluding hydrogens is 338 g/mol. The van der Waals surface area contributed by atoms with Crippen LogP contribution in [0.4, 0.5) is 5.69 Å². The lowest BCUT2D eigenvalue weighted by atomic mass is 9.97. The maximum absolute atomic E-state index is 12.6. The molecule has 0 radical (unpaired) electrons. The van der Waals surface area contributed by atoms with Crippen molar-refractivity contribution in [1.29, 1.82) is 0 Å². The highest BCUT2D eigenvalue weighted by atomic mass is 35.5. The van der Waals surface area contributed by atoms with Gasteiger partial charge >= 0.3 is 0 Å². The predicted octanol–water partition coefficient (Wildman–Crippen LogP) is 2.64. The minimum absolute atomic E-state index is 0.111. The Morgan fingerprint density at radius 3 is 2.64 bits per heavy atom. The van der Waals surface area contributed by atoms with Crippen molar-refractivity contribution in [3.05, 3.63) is 29.3 Å². The van der Waals surface area contributed by atoms with E-state index in [4.69, 9.17) is 11.6 Å². The van der Waals surface area contributed by atoms with Gasteiger partial charge in [0, 0.05) is 62.8 Å². The summed E-state index contributed by atoms with van der Waals surface area (Å²) in [6.07, 6.45) is 3.24. The standard InChI is InChI=1S/C19H26ClN3O2/c1-21-8-3-2-5-15(19(21)25)13-18(24)23-11-9-22(10-12-23)17-7-4-6-16(20)14-17/h4,6-7,14-15H,2-3,5,8-13H2,1H3. The van der Waals surface area contributed by atoms with E-state index in [2.05, 4.69) is 4.90 Å². The molecule has 136 valence electrons. The second-order valence-corrected chi connectivity index (χ2v) is 7.44. The van der Waals surface area contributed by atoms with Crippen LogP contribution < -0.4 is 4.90 Å². The summed E-state index contributed by atoms with van der Waals surface area (Å²) in [6, 6.07) is 7.82. The zero-order chi connectivity index (χ0) is 17.8. The maximum Gasteiger partial charge on any atom is 0.225 e. The Bertz CT molecular complexity index is 629. The van der Waals surface area contributed by atoms with E-state index in [1.54, 1.807) is 4.90 Å². The molecule has 1 aromatic carbocycles. The Hall–Kier alpha value is -1.75. The van der Waals surface area contributed by atoms with Crippen LogP contribution in [0.3, 0.4) is 0 Å². The molecular formula is C19H26ClN3O2. The molecule has 2 aliphatic heterocycles. The van der Waals surface area contributed by atoms with Crippen LogP contribution in [0.25, 0.3) is 0 Å². The van der Waals surface area contributed by atoms with Crippen LogP contribution >= 0.6 is 11.6 Å². The van der Waals surface area contributed by atoms with Gasteiger partial charge in [0.1, 0.15) is 0 Å². The van der Waals surface area contributed by atoms with Gasteiger partial charge < -0.3 is 14.7 Å². The van der Waals surface area contributed by atoms with Crippen LogP contribution in [-0.2, 0) is 9.59 Å². The molecule has 5 nitrogen and oxygen atoms in total. The van der Waals surface area contributed by atoms with Gasteiger partial charge in [-0.3, -0.25) is 9.59 Å². The lowest BCUT2D eigenvalue weighted by Gasteiger charge is -2.36. The topological polar surface area (TPSA) is 43.9 Å². The Morgan fingerprint density at radius 1 is 1.16 bits per heavy atom. The highest BCUT2D eigenvalue weighted by molar-refractivity contribution is 6.30. The maximum atomic E-state index is 12.6. The summed E-state index contributed by atoms with van der Waals surface area (Å²) in [7, 11) is 1.84. The van der Waals surface area contributed by atoms with E-state index in [0.717, 1.165) is 49.6 Å². The SMILES string of the molecule is CN1CCCCC(CC(=O)N2CCN(c3cccc(Cl)c3)CC2)C1=O. The van der Waals surface area contributed by atoms with Gasteiger partial charge in [0.25, 0.3) is 0 Å². The van der Waals surface area contributed by atoms with Crippen molar-refractivity contribution in [2.75, 3.05) is 44.7 Å². The van der Waals surface area contributed by atoms with E-state index in [1.165, 1.54) is 0 Å². The Labute approximate surface area is 154 Å². The summed E-state index contributed by atoms with van der Waals surface area (Å²) < 4.78 is 0. The minimum atomic E-state index is -0.147. The summed E-state index contributed by atoms with van der Waals surface area (Å²) in [6.45, 7) is 3.79. The van der Waals surface area contributed by atoms with E-state index < -0.39 is 0 Å². The predicted molar refractivity (Wildman–Crippen MR) is 99.8 cm³/mol. The minimum Gasteiger partial charge on any atom is -0.368 e. The van der Waals surface area contributed by atoms with Gasteiger partial charge in [-0.05, 0) is 31.0 Å². The fourth-order valence-corrected chi connectivity index (χ4v) is 3.89. The van der Waals surface area contributed by atoms with E-state index in [0.29, 0.717) is 19.5 Å². The van der Waals surface area contributed by atoms with Crippen molar-refractivity contribution in [3.8, 4) is 0 Å². The number of benzene rings is 1. The van der Waals surface area contributed by atoms with Crippen molar-refractivity contribution in [2.45, 2.75) is 25.7 Å². The number of piperazine rings is 1. The van der Waals surface area contributed by atoms with Crippen molar-refractivity contribution in [1.82, 2.24) is 9.80 Å². The molecule has 0 bridgehead atoms. The quantitative estimate of drug-likeness (QED) is 0.829. The molecule has 0 aliphatic carbocycles. The molecule has 3 rings (SSSR count). The van der Waals surface area contributed by atoms with Gasteiger partial charge in [-0.15, -0.1) is 0 Å². The number of rotatable bonds is 3. The second-order valence-electron chi connectivity index (χ2n) is 7.00. The Morgan fingerprint density at radius 2 is 1.92 bits per heavy atom. The van der Waals surface area contributed by atoms with Crippen molar-refractivity contribution >= 4 is 29.1 Å². The molecule has 1 atom stereocenters. The number of nitrogens with zero attached hydrogens (tertiary/aromatic N) is 3. The molecule has 2 fully saturated rings. The largest absolute Gasteiger partial charge is 0.368 e. The summed E-state index contributed by atoms with van der Waals surface area (Å²) in [5.41, 5.74) is 1.10. The normalized spacial score (nSPS) is 22.1. The van der Waals surface area contributed by atoms with Gasteiger partial charge in [0.2, 0.25) is 11.8 Å². The van der Waals surface area contributed by atoms with Crippen molar-refractivity contribution in [3.63, 3.8) is 0 Å². The molecule has 2 heterocycles. The lowest BCUT2D eigenvalue weighted by molar-refractivity contribution is -0.140. The number of hydrogen-bond acceptors (Lipinski definition) is 3. The van der Waals surface area contributed by atoms with Crippen LogP contribution in [0.2, 0.25) is 5.02 Å².